The van der Waals surface area contributed by atoms with Crippen molar-refractivity contribution in [1.82, 2.24) is 0 Å². The summed E-state index contributed by atoms with van der Waals surface area (Å²) in [5, 5.41) is 36.7. The fourth-order valence-electron chi connectivity index (χ4n) is 5.58. The summed E-state index contributed by atoms with van der Waals surface area (Å²) in [5.74, 6) is 2.84. The maximum absolute atomic E-state index is 9.17. The first-order valence-corrected chi connectivity index (χ1v) is 21.1. The number of hydrogen-bond donors (Lipinski definition) is 4. The lowest BCUT2D eigenvalue weighted by molar-refractivity contribution is 0.201. The predicted molar refractivity (Wildman–Crippen MR) is 217 cm³/mol. The fraction of sp³-hybridized carbons (Fsp3) is 0.182. The summed E-state index contributed by atoms with van der Waals surface area (Å²) in [7, 11) is -0.811. The molecule has 8 nitrogen and oxygen atoms in total. The molecule has 0 fully saturated rings. The monoisotopic (exact) mass is 796 g/mol. The highest BCUT2D eigenvalue weighted by atomic mass is 32.2. The van der Waals surface area contributed by atoms with Gasteiger partial charge in [0, 0.05) is 9.79 Å². The zero-order chi connectivity index (χ0) is 38.2. The Kier molecular flexibility index (Phi) is 15.2. The van der Waals surface area contributed by atoms with Gasteiger partial charge in [-0.15, -0.1) is 0 Å². The molecule has 0 aliphatic rings. The first kappa shape index (κ1) is 40.1. The Morgan fingerprint density at radius 3 is 0.709 bits per heavy atom. The number of rotatable bonds is 20. The van der Waals surface area contributed by atoms with Crippen molar-refractivity contribution in [1.29, 1.82) is 0 Å². The van der Waals surface area contributed by atoms with Gasteiger partial charge in [0.1, 0.15) is 49.4 Å². The number of aliphatic hydroxyl groups is 4. The molecule has 6 rings (SSSR count). The van der Waals surface area contributed by atoms with Crippen LogP contribution in [0.1, 0.15) is 0 Å². The van der Waals surface area contributed by atoms with E-state index in [2.05, 4.69) is 97.1 Å². The van der Waals surface area contributed by atoms with Gasteiger partial charge in [-0.25, -0.2) is 0 Å². The van der Waals surface area contributed by atoms with Gasteiger partial charge in [-0.1, -0.05) is 11.8 Å². The van der Waals surface area contributed by atoms with E-state index in [-0.39, 0.29) is 52.9 Å². The van der Waals surface area contributed by atoms with Crippen LogP contribution < -0.4 is 18.9 Å². The van der Waals surface area contributed by atoms with E-state index in [4.69, 9.17) is 39.4 Å². The molecule has 0 heterocycles. The van der Waals surface area contributed by atoms with Crippen LogP contribution in [0, 0.1) is 0 Å². The molecular weight excluding hydrogens is 753 g/mol. The molecule has 11 heteroatoms. The second kappa shape index (κ2) is 20.9. The van der Waals surface area contributed by atoms with Crippen LogP contribution in [-0.2, 0) is 21.8 Å². The molecule has 0 amide bonds. The minimum atomic E-state index is -0.405. The summed E-state index contributed by atoms with van der Waals surface area (Å²) in [6, 6.07) is 49.5. The van der Waals surface area contributed by atoms with Gasteiger partial charge < -0.3 is 39.4 Å². The van der Waals surface area contributed by atoms with Crippen LogP contribution in [-0.4, -0.2) is 73.3 Å². The average molecular weight is 797 g/mol. The van der Waals surface area contributed by atoms with Crippen LogP contribution in [0.25, 0.3) is 0 Å². The van der Waals surface area contributed by atoms with E-state index in [1.807, 2.05) is 48.5 Å². The molecule has 0 unspecified atom stereocenters. The Hall–Kier alpha value is -4.59. The van der Waals surface area contributed by atoms with Gasteiger partial charge in [0.05, 0.1) is 48.2 Å². The Morgan fingerprint density at radius 1 is 0.309 bits per heavy atom. The number of ether oxygens (including phenoxy) is 4. The zero-order valence-electron chi connectivity index (χ0n) is 30.2. The lowest BCUT2D eigenvalue weighted by atomic mass is 10.3. The lowest BCUT2D eigenvalue weighted by Gasteiger charge is -2.12. The number of aliphatic hydroxyl groups excluding tert-OH is 4. The first-order valence-electron chi connectivity index (χ1n) is 17.8. The SMILES string of the molecule is OCCOc1ccc([S+](c2ccc(OCCO)cc2)c2ccc(Sc3ccc([S+](c4ccc(OCCO)cc4)c4ccc(OCCO)cc4)cc3)cc2)cc1. The molecule has 0 aliphatic heterocycles. The van der Waals surface area contributed by atoms with Crippen LogP contribution in [0.3, 0.4) is 0 Å². The Balaban J connectivity index is 1.22. The third-order valence-electron chi connectivity index (χ3n) is 8.03. The molecule has 0 aliphatic carbocycles. The molecule has 6 aromatic rings. The first-order chi connectivity index (χ1) is 27.1. The van der Waals surface area contributed by atoms with Gasteiger partial charge in [0.15, 0.2) is 29.4 Å². The molecule has 0 aromatic heterocycles. The maximum Gasteiger partial charge on any atom is 0.166 e. The van der Waals surface area contributed by atoms with Gasteiger partial charge >= 0.3 is 0 Å². The van der Waals surface area contributed by atoms with Crippen molar-refractivity contribution in [2.75, 3.05) is 52.9 Å². The summed E-state index contributed by atoms with van der Waals surface area (Å²) in [5.41, 5.74) is 0. The van der Waals surface area contributed by atoms with Crippen molar-refractivity contribution in [3.63, 3.8) is 0 Å². The minimum absolute atomic E-state index is 0.0398. The molecule has 0 bridgehead atoms. The normalized spacial score (nSPS) is 11.2. The van der Waals surface area contributed by atoms with Gasteiger partial charge in [-0.05, 0) is 146 Å². The van der Waals surface area contributed by atoms with Gasteiger partial charge in [-0.2, -0.15) is 0 Å². The van der Waals surface area contributed by atoms with Gasteiger partial charge in [0.2, 0.25) is 0 Å². The summed E-state index contributed by atoms with van der Waals surface area (Å²) in [4.78, 5) is 9.10. The van der Waals surface area contributed by atoms with Gasteiger partial charge in [0.25, 0.3) is 0 Å². The van der Waals surface area contributed by atoms with Gasteiger partial charge in [-0.3, -0.25) is 0 Å². The van der Waals surface area contributed by atoms with Crippen molar-refractivity contribution < 1.29 is 39.4 Å². The third-order valence-corrected chi connectivity index (χ3v) is 13.5. The Labute approximate surface area is 332 Å². The Morgan fingerprint density at radius 2 is 0.509 bits per heavy atom. The summed E-state index contributed by atoms with van der Waals surface area (Å²) < 4.78 is 22.5. The van der Waals surface area contributed by atoms with E-state index >= 15 is 0 Å². The van der Waals surface area contributed by atoms with E-state index in [1.54, 1.807) is 11.8 Å². The van der Waals surface area contributed by atoms with Crippen molar-refractivity contribution in [3.05, 3.63) is 146 Å². The minimum Gasteiger partial charge on any atom is -0.491 e. The highest BCUT2D eigenvalue weighted by Crippen LogP contribution is 2.38. The molecular formula is C44H44O8S3+2. The van der Waals surface area contributed by atoms with Crippen LogP contribution in [0.4, 0.5) is 0 Å². The van der Waals surface area contributed by atoms with Crippen LogP contribution in [0.2, 0.25) is 0 Å². The van der Waals surface area contributed by atoms with E-state index in [9.17, 15) is 0 Å². The fourth-order valence-corrected chi connectivity index (χ4v) is 10.5. The largest absolute Gasteiger partial charge is 0.491 e. The standard InChI is InChI=1S/C44H44O8S3/c45-25-29-49-33-1-13-39(14-2-33)54(40-15-3-34(4-16-40)50-30-26-46)43-21-9-37(10-22-43)53-38-11-23-44(24-12-38)55(41-17-5-35(6-18-41)51-31-27-47)42-19-7-36(8-20-42)52-32-28-48/h1-24,45-48H,25-32H2/q+2. The summed E-state index contributed by atoms with van der Waals surface area (Å²) >= 11 is 1.71. The molecule has 0 atom stereocenters. The van der Waals surface area contributed by atoms with E-state index < -0.39 is 21.8 Å². The lowest BCUT2D eigenvalue weighted by Crippen LogP contribution is -2.06. The quantitative estimate of drug-likeness (QED) is 0.0583. The smallest absolute Gasteiger partial charge is 0.166 e. The second-order valence-corrected chi connectivity index (χ2v) is 17.0. The van der Waals surface area contributed by atoms with E-state index in [0.29, 0.717) is 23.0 Å². The van der Waals surface area contributed by atoms with Crippen LogP contribution in [0.15, 0.2) is 185 Å². The highest BCUT2D eigenvalue weighted by molar-refractivity contribution is 7.99. The van der Waals surface area contributed by atoms with E-state index in [0.717, 1.165) is 39.2 Å². The molecule has 6 aromatic carbocycles. The zero-order valence-corrected chi connectivity index (χ0v) is 32.6. The predicted octanol–water partition coefficient (Wildman–Crippen LogP) is 7.51. The van der Waals surface area contributed by atoms with E-state index in [1.165, 1.54) is 0 Å². The molecule has 0 spiro atoms. The third kappa shape index (κ3) is 11.2. The van der Waals surface area contributed by atoms with Crippen molar-refractivity contribution >= 4 is 33.6 Å². The summed E-state index contributed by atoms with van der Waals surface area (Å²) in [6.07, 6.45) is 0. The van der Waals surface area contributed by atoms with Crippen LogP contribution in [0.5, 0.6) is 23.0 Å². The average Bonchev–Trinajstić information content (AvgIpc) is 3.24. The van der Waals surface area contributed by atoms with Crippen LogP contribution >= 0.6 is 11.8 Å². The topological polar surface area (TPSA) is 118 Å². The van der Waals surface area contributed by atoms with Crippen molar-refractivity contribution in [2.45, 2.75) is 39.2 Å². The molecule has 0 saturated carbocycles. The van der Waals surface area contributed by atoms with Crippen molar-refractivity contribution in [2.24, 2.45) is 0 Å². The number of hydrogen-bond acceptors (Lipinski definition) is 9. The second-order valence-electron chi connectivity index (χ2n) is 11.8. The molecule has 4 N–H and O–H groups in total. The summed E-state index contributed by atoms with van der Waals surface area (Å²) in [6.45, 7) is 0.825. The Bertz CT molecular complexity index is 1760. The molecule has 55 heavy (non-hydrogen) atoms. The highest BCUT2D eigenvalue weighted by Gasteiger charge is 2.30. The molecule has 284 valence electrons. The molecule has 0 saturated heterocycles. The van der Waals surface area contributed by atoms with Crippen molar-refractivity contribution in [3.8, 4) is 23.0 Å². The maximum atomic E-state index is 9.17. The molecule has 0 radical (unpaired) electrons. The number of benzene rings is 6.